The van der Waals surface area contributed by atoms with Crippen LogP contribution in [0, 0.1) is 0 Å². The summed E-state index contributed by atoms with van der Waals surface area (Å²) in [6.07, 6.45) is 0. The van der Waals surface area contributed by atoms with Gasteiger partial charge in [-0.25, -0.2) is 4.79 Å². The molecule has 0 fully saturated rings. The molecule has 0 aromatic heterocycles. The van der Waals surface area contributed by atoms with E-state index in [0.29, 0.717) is 10.6 Å². The summed E-state index contributed by atoms with van der Waals surface area (Å²) in [5.74, 6) is -1.72. The third kappa shape index (κ3) is 3.52. The Kier molecular flexibility index (Phi) is 4.45. The molecule has 0 heterocycles. The maximum absolute atomic E-state index is 12.2. The van der Waals surface area contributed by atoms with E-state index in [4.69, 9.17) is 17.3 Å². The van der Waals surface area contributed by atoms with Gasteiger partial charge in [0, 0.05) is 10.7 Å². The van der Waals surface area contributed by atoms with Crippen LogP contribution in [-0.2, 0) is 4.79 Å². The van der Waals surface area contributed by atoms with E-state index in [9.17, 15) is 14.7 Å². The summed E-state index contributed by atoms with van der Waals surface area (Å²) >= 11 is 5.77. The number of amides is 1. The van der Waals surface area contributed by atoms with Crippen molar-refractivity contribution in [2.45, 2.75) is 6.04 Å². The zero-order valence-corrected chi connectivity index (χ0v) is 11.7. The van der Waals surface area contributed by atoms with E-state index in [2.05, 4.69) is 5.32 Å². The molecule has 108 valence electrons. The number of aliphatic carboxylic acids is 1. The first-order valence-corrected chi connectivity index (χ1v) is 6.50. The molecule has 2 rings (SSSR count). The number of carboxylic acids is 1. The van der Waals surface area contributed by atoms with Crippen molar-refractivity contribution < 1.29 is 14.7 Å². The Morgan fingerprint density at radius 1 is 1.14 bits per heavy atom. The first kappa shape index (κ1) is 14.9. The Hall–Kier alpha value is -2.53. The molecule has 21 heavy (non-hydrogen) atoms. The Morgan fingerprint density at radius 3 is 2.38 bits per heavy atom. The summed E-state index contributed by atoms with van der Waals surface area (Å²) in [6, 6.07) is 11.7. The molecule has 4 N–H and O–H groups in total. The number of nitrogen functional groups attached to an aromatic ring is 1. The van der Waals surface area contributed by atoms with Crippen LogP contribution in [-0.4, -0.2) is 17.0 Å². The number of anilines is 1. The van der Waals surface area contributed by atoms with E-state index in [1.54, 1.807) is 30.3 Å². The third-order valence-electron chi connectivity index (χ3n) is 2.91. The number of benzene rings is 2. The fourth-order valence-corrected chi connectivity index (χ4v) is 2.06. The molecule has 0 saturated heterocycles. The second-order valence-corrected chi connectivity index (χ2v) is 4.82. The number of rotatable bonds is 4. The van der Waals surface area contributed by atoms with E-state index < -0.39 is 17.9 Å². The lowest BCUT2D eigenvalue weighted by Gasteiger charge is -2.15. The van der Waals surface area contributed by atoms with Crippen molar-refractivity contribution >= 4 is 29.2 Å². The molecule has 1 atom stereocenters. The molecule has 0 saturated carbocycles. The predicted octanol–water partition coefficient (Wildman–Crippen LogP) is 2.48. The average molecular weight is 305 g/mol. The number of nitrogens with two attached hydrogens (primary N) is 1. The van der Waals surface area contributed by atoms with Gasteiger partial charge in [0.2, 0.25) is 0 Å². The number of carbonyl (C=O) groups excluding carboxylic acids is 1. The van der Waals surface area contributed by atoms with Crippen molar-refractivity contribution in [2.75, 3.05) is 5.73 Å². The lowest BCUT2D eigenvalue weighted by molar-refractivity contribution is -0.139. The molecule has 0 radical (unpaired) electrons. The molecule has 0 aliphatic heterocycles. The molecule has 2 aromatic rings. The van der Waals surface area contributed by atoms with Gasteiger partial charge in [-0.1, -0.05) is 41.9 Å². The highest BCUT2D eigenvalue weighted by Gasteiger charge is 2.23. The summed E-state index contributed by atoms with van der Waals surface area (Å²) in [5.41, 5.74) is 6.57. The van der Waals surface area contributed by atoms with E-state index in [0.717, 1.165) is 0 Å². The van der Waals surface area contributed by atoms with E-state index >= 15 is 0 Å². The predicted molar refractivity (Wildman–Crippen MR) is 80.1 cm³/mol. The average Bonchev–Trinajstić information content (AvgIpc) is 2.45. The highest BCUT2D eigenvalue weighted by atomic mass is 35.5. The number of nitrogens with one attached hydrogen (secondary N) is 1. The molecule has 1 unspecified atom stereocenters. The van der Waals surface area contributed by atoms with Crippen molar-refractivity contribution in [1.82, 2.24) is 5.32 Å². The molecule has 0 aliphatic carbocycles. The fourth-order valence-electron chi connectivity index (χ4n) is 1.88. The normalized spacial score (nSPS) is 11.7. The minimum absolute atomic E-state index is 0.182. The minimum atomic E-state index is -1.15. The zero-order valence-electron chi connectivity index (χ0n) is 10.9. The molecule has 0 aliphatic rings. The van der Waals surface area contributed by atoms with Crippen LogP contribution in [0.15, 0.2) is 48.5 Å². The van der Waals surface area contributed by atoms with Crippen LogP contribution in [0.3, 0.4) is 0 Å². The number of halogens is 1. The maximum atomic E-state index is 12.2. The second kappa shape index (κ2) is 6.28. The van der Waals surface area contributed by atoms with Gasteiger partial charge in [0.1, 0.15) is 0 Å². The van der Waals surface area contributed by atoms with E-state index in [-0.39, 0.29) is 11.3 Å². The first-order valence-electron chi connectivity index (χ1n) is 6.12. The molecule has 6 heteroatoms. The van der Waals surface area contributed by atoms with Crippen molar-refractivity contribution in [3.63, 3.8) is 0 Å². The molecule has 1 amide bonds. The Balaban J connectivity index is 2.25. The summed E-state index contributed by atoms with van der Waals surface area (Å²) in [5, 5.41) is 12.1. The van der Waals surface area contributed by atoms with Gasteiger partial charge in [-0.3, -0.25) is 4.79 Å². The summed E-state index contributed by atoms with van der Waals surface area (Å²) in [7, 11) is 0. The van der Waals surface area contributed by atoms with Crippen LogP contribution in [0.25, 0.3) is 0 Å². The van der Waals surface area contributed by atoms with E-state index in [1.165, 1.54) is 18.2 Å². The Morgan fingerprint density at radius 2 is 1.81 bits per heavy atom. The number of hydrogen-bond donors (Lipinski definition) is 3. The van der Waals surface area contributed by atoms with Gasteiger partial charge in [0.15, 0.2) is 6.04 Å². The number of carboxylic acid groups (broad SMARTS) is 1. The van der Waals surface area contributed by atoms with Crippen molar-refractivity contribution in [3.05, 3.63) is 64.7 Å². The largest absolute Gasteiger partial charge is 0.479 e. The first-order chi connectivity index (χ1) is 9.99. The van der Waals surface area contributed by atoms with Gasteiger partial charge in [-0.2, -0.15) is 0 Å². The molecule has 0 bridgehead atoms. The van der Waals surface area contributed by atoms with Gasteiger partial charge in [-0.05, 0) is 23.8 Å². The molecule has 2 aromatic carbocycles. The fraction of sp³-hybridized carbons (Fsp3) is 0.0667. The van der Waals surface area contributed by atoms with Crippen LogP contribution < -0.4 is 11.1 Å². The van der Waals surface area contributed by atoms with Gasteiger partial charge in [0.25, 0.3) is 5.91 Å². The summed E-state index contributed by atoms with van der Waals surface area (Å²) in [4.78, 5) is 23.5. The Labute approximate surface area is 126 Å². The molecule has 0 spiro atoms. The van der Waals surface area contributed by atoms with Crippen molar-refractivity contribution in [1.29, 1.82) is 0 Å². The smallest absolute Gasteiger partial charge is 0.330 e. The lowest BCUT2D eigenvalue weighted by Crippen LogP contribution is -2.34. The Bertz CT molecular complexity index is 674. The molecular weight excluding hydrogens is 292 g/mol. The van der Waals surface area contributed by atoms with Crippen molar-refractivity contribution in [3.8, 4) is 0 Å². The number of carbonyl (C=O) groups is 2. The van der Waals surface area contributed by atoms with Crippen LogP contribution >= 0.6 is 11.6 Å². The SMILES string of the molecule is Nc1cc(Cl)ccc1C(=O)NC(C(=O)O)c1ccccc1. The molecule has 5 nitrogen and oxygen atoms in total. The highest BCUT2D eigenvalue weighted by Crippen LogP contribution is 2.20. The van der Waals surface area contributed by atoms with Crippen molar-refractivity contribution in [2.24, 2.45) is 0 Å². The third-order valence-corrected chi connectivity index (χ3v) is 3.15. The van der Waals surface area contributed by atoms with Crippen LogP contribution in [0.5, 0.6) is 0 Å². The monoisotopic (exact) mass is 304 g/mol. The van der Waals surface area contributed by atoms with E-state index in [1.807, 2.05) is 0 Å². The number of hydrogen-bond acceptors (Lipinski definition) is 3. The quantitative estimate of drug-likeness (QED) is 0.757. The van der Waals surface area contributed by atoms with Gasteiger partial charge in [0.05, 0.1) is 5.56 Å². The van der Waals surface area contributed by atoms with Gasteiger partial charge < -0.3 is 16.2 Å². The second-order valence-electron chi connectivity index (χ2n) is 4.39. The van der Waals surface area contributed by atoms with Crippen LogP contribution in [0.1, 0.15) is 22.0 Å². The van der Waals surface area contributed by atoms with Crippen LogP contribution in [0.4, 0.5) is 5.69 Å². The summed E-state index contributed by atoms with van der Waals surface area (Å²) < 4.78 is 0. The minimum Gasteiger partial charge on any atom is -0.479 e. The highest BCUT2D eigenvalue weighted by molar-refractivity contribution is 6.31. The summed E-state index contributed by atoms with van der Waals surface area (Å²) in [6.45, 7) is 0. The van der Waals surface area contributed by atoms with Gasteiger partial charge in [-0.15, -0.1) is 0 Å². The van der Waals surface area contributed by atoms with Crippen LogP contribution in [0.2, 0.25) is 5.02 Å². The topological polar surface area (TPSA) is 92.4 Å². The zero-order chi connectivity index (χ0) is 15.4. The lowest BCUT2D eigenvalue weighted by atomic mass is 10.1. The maximum Gasteiger partial charge on any atom is 0.330 e. The molecular formula is C15H13ClN2O3. The standard InChI is InChI=1S/C15H13ClN2O3/c16-10-6-7-11(12(17)8-10)14(19)18-13(15(20)21)9-4-2-1-3-5-9/h1-8,13H,17H2,(H,18,19)(H,20,21). The van der Waals surface area contributed by atoms with Gasteiger partial charge >= 0.3 is 5.97 Å².